The normalized spacial score (nSPS) is 21.9. The van der Waals surface area contributed by atoms with Gasteiger partial charge in [-0.15, -0.1) is 0 Å². The first kappa shape index (κ1) is 15.1. The van der Waals surface area contributed by atoms with Gasteiger partial charge in [-0.1, -0.05) is 0 Å². The minimum atomic E-state index is -0.469. The first-order valence-electron chi connectivity index (χ1n) is 6.53. The molecule has 20 heavy (non-hydrogen) atoms. The SMILES string of the molecule is COc1ccc(NC(=O)N2CCC[C@@]2(C)CO)c(Br)c1. The standard InChI is InChI=1S/C14H19BrN2O3/c1-14(9-18)6-3-7-17(14)13(19)16-12-5-4-10(20-2)8-11(12)15/h4-5,8,18H,3,6-7,9H2,1-2H3,(H,16,19)/t14-/m0/s1. The summed E-state index contributed by atoms with van der Waals surface area (Å²) in [5.41, 5.74) is 0.214. The van der Waals surface area contributed by atoms with Crippen molar-refractivity contribution in [3.63, 3.8) is 0 Å². The Morgan fingerprint density at radius 1 is 1.60 bits per heavy atom. The van der Waals surface area contributed by atoms with E-state index < -0.39 is 5.54 Å². The average Bonchev–Trinajstić information content (AvgIpc) is 2.83. The van der Waals surface area contributed by atoms with E-state index in [0.29, 0.717) is 12.2 Å². The Bertz CT molecular complexity index is 509. The lowest BCUT2D eigenvalue weighted by atomic mass is 10.0. The van der Waals surface area contributed by atoms with Crippen LogP contribution in [0.5, 0.6) is 5.75 Å². The van der Waals surface area contributed by atoms with Gasteiger partial charge in [-0.2, -0.15) is 0 Å². The molecule has 2 rings (SSSR count). The van der Waals surface area contributed by atoms with Gasteiger partial charge >= 0.3 is 6.03 Å². The van der Waals surface area contributed by atoms with Crippen LogP contribution in [0.4, 0.5) is 10.5 Å². The number of hydrogen-bond acceptors (Lipinski definition) is 3. The third-order valence-electron chi connectivity index (χ3n) is 3.75. The van der Waals surface area contributed by atoms with Crippen molar-refractivity contribution in [1.82, 2.24) is 4.90 Å². The van der Waals surface area contributed by atoms with Gasteiger partial charge < -0.3 is 20.1 Å². The Kier molecular flexibility index (Phi) is 4.55. The molecule has 1 saturated heterocycles. The molecule has 1 aliphatic heterocycles. The average molecular weight is 343 g/mol. The van der Waals surface area contributed by atoms with Crippen molar-refractivity contribution in [2.24, 2.45) is 0 Å². The topological polar surface area (TPSA) is 61.8 Å². The number of amides is 2. The number of nitrogens with zero attached hydrogens (tertiary/aromatic N) is 1. The van der Waals surface area contributed by atoms with Crippen molar-refractivity contribution < 1.29 is 14.6 Å². The quantitative estimate of drug-likeness (QED) is 0.887. The highest BCUT2D eigenvalue weighted by Gasteiger charge is 2.39. The highest BCUT2D eigenvalue weighted by atomic mass is 79.9. The number of halogens is 1. The van der Waals surface area contributed by atoms with Crippen LogP contribution >= 0.6 is 15.9 Å². The van der Waals surface area contributed by atoms with Crippen molar-refractivity contribution in [3.05, 3.63) is 22.7 Å². The number of aliphatic hydroxyl groups excluding tert-OH is 1. The van der Waals surface area contributed by atoms with E-state index in [1.807, 2.05) is 6.92 Å². The van der Waals surface area contributed by atoms with Gasteiger partial charge in [-0.3, -0.25) is 0 Å². The number of likely N-dealkylation sites (tertiary alicyclic amines) is 1. The highest BCUT2D eigenvalue weighted by molar-refractivity contribution is 9.10. The second kappa shape index (κ2) is 6.01. The van der Waals surface area contributed by atoms with Crippen molar-refractivity contribution in [1.29, 1.82) is 0 Å². The molecule has 0 aromatic heterocycles. The van der Waals surface area contributed by atoms with Gasteiger partial charge in [-0.05, 0) is 53.9 Å². The number of aliphatic hydroxyl groups is 1. The molecule has 0 bridgehead atoms. The van der Waals surface area contributed by atoms with Crippen LogP contribution in [0.2, 0.25) is 0 Å². The molecule has 0 radical (unpaired) electrons. The predicted octanol–water partition coefficient (Wildman–Crippen LogP) is 2.84. The highest BCUT2D eigenvalue weighted by Crippen LogP contribution is 2.31. The van der Waals surface area contributed by atoms with E-state index >= 15 is 0 Å². The number of urea groups is 1. The van der Waals surface area contributed by atoms with Crippen LogP contribution in [0.3, 0.4) is 0 Å². The Hall–Kier alpha value is -1.27. The van der Waals surface area contributed by atoms with Crippen LogP contribution in [-0.2, 0) is 0 Å². The van der Waals surface area contributed by atoms with Crippen molar-refractivity contribution in [2.45, 2.75) is 25.3 Å². The van der Waals surface area contributed by atoms with Gasteiger partial charge in [0.25, 0.3) is 0 Å². The van der Waals surface area contributed by atoms with Crippen molar-refractivity contribution >= 4 is 27.6 Å². The zero-order valence-electron chi connectivity index (χ0n) is 11.6. The predicted molar refractivity (Wildman–Crippen MR) is 81.1 cm³/mol. The number of rotatable bonds is 3. The molecule has 0 spiro atoms. The molecule has 1 heterocycles. The van der Waals surface area contributed by atoms with E-state index in [-0.39, 0.29) is 12.6 Å². The lowest BCUT2D eigenvalue weighted by Crippen LogP contribution is -2.49. The minimum absolute atomic E-state index is 0.0236. The molecular weight excluding hydrogens is 324 g/mol. The zero-order valence-corrected chi connectivity index (χ0v) is 13.2. The summed E-state index contributed by atoms with van der Waals surface area (Å²) in [6, 6.07) is 5.18. The molecule has 0 aliphatic carbocycles. The van der Waals surface area contributed by atoms with E-state index in [4.69, 9.17) is 4.74 Å². The smallest absolute Gasteiger partial charge is 0.322 e. The summed E-state index contributed by atoms with van der Waals surface area (Å²) in [5.74, 6) is 0.719. The molecule has 1 aliphatic rings. The monoisotopic (exact) mass is 342 g/mol. The number of hydrogen-bond donors (Lipinski definition) is 2. The maximum absolute atomic E-state index is 12.3. The molecule has 1 aromatic carbocycles. The lowest BCUT2D eigenvalue weighted by molar-refractivity contribution is 0.104. The van der Waals surface area contributed by atoms with Crippen LogP contribution in [0.25, 0.3) is 0 Å². The Morgan fingerprint density at radius 3 is 2.95 bits per heavy atom. The number of benzene rings is 1. The fraction of sp³-hybridized carbons (Fsp3) is 0.500. The van der Waals surface area contributed by atoms with Gasteiger partial charge in [0.05, 0.1) is 24.9 Å². The summed E-state index contributed by atoms with van der Waals surface area (Å²) in [6.07, 6.45) is 1.73. The Balaban J connectivity index is 2.12. The van der Waals surface area contributed by atoms with Gasteiger partial charge in [0.1, 0.15) is 5.75 Å². The van der Waals surface area contributed by atoms with E-state index in [0.717, 1.165) is 23.1 Å². The van der Waals surface area contributed by atoms with Gasteiger partial charge in [0.15, 0.2) is 0 Å². The van der Waals surface area contributed by atoms with Crippen LogP contribution in [0.1, 0.15) is 19.8 Å². The van der Waals surface area contributed by atoms with Gasteiger partial charge in [-0.25, -0.2) is 4.79 Å². The summed E-state index contributed by atoms with van der Waals surface area (Å²) in [7, 11) is 1.59. The second-order valence-corrected chi connectivity index (χ2v) is 6.04. The Morgan fingerprint density at radius 2 is 2.35 bits per heavy atom. The second-order valence-electron chi connectivity index (χ2n) is 5.19. The van der Waals surface area contributed by atoms with Gasteiger partial charge in [0.2, 0.25) is 0 Å². The molecule has 6 heteroatoms. The molecule has 0 unspecified atom stereocenters. The number of ether oxygens (including phenoxy) is 1. The van der Waals surface area contributed by atoms with Crippen molar-refractivity contribution in [3.8, 4) is 5.75 Å². The molecule has 2 amide bonds. The zero-order chi connectivity index (χ0) is 14.8. The summed E-state index contributed by atoms with van der Waals surface area (Å²) in [6.45, 7) is 2.55. The molecule has 1 aromatic rings. The molecule has 2 N–H and O–H groups in total. The first-order valence-corrected chi connectivity index (χ1v) is 7.32. The summed E-state index contributed by atoms with van der Waals surface area (Å²) >= 11 is 3.41. The van der Waals surface area contributed by atoms with E-state index in [1.54, 1.807) is 30.2 Å². The van der Waals surface area contributed by atoms with Gasteiger partial charge in [0, 0.05) is 11.0 Å². The maximum Gasteiger partial charge on any atom is 0.322 e. The number of carbonyl (C=O) groups excluding carboxylic acids is 1. The van der Waals surface area contributed by atoms with Crippen LogP contribution in [0.15, 0.2) is 22.7 Å². The molecule has 1 atom stereocenters. The number of methoxy groups -OCH3 is 1. The third kappa shape index (κ3) is 2.91. The fourth-order valence-corrected chi connectivity index (χ4v) is 2.90. The Labute approximate surface area is 127 Å². The summed E-state index contributed by atoms with van der Waals surface area (Å²) < 4.78 is 5.88. The number of anilines is 1. The van der Waals surface area contributed by atoms with Crippen molar-refractivity contribution in [2.75, 3.05) is 25.6 Å². The summed E-state index contributed by atoms with van der Waals surface area (Å²) in [5, 5.41) is 12.4. The van der Waals surface area contributed by atoms with E-state index in [9.17, 15) is 9.90 Å². The largest absolute Gasteiger partial charge is 0.497 e. The lowest BCUT2D eigenvalue weighted by Gasteiger charge is -2.33. The summed E-state index contributed by atoms with van der Waals surface area (Å²) in [4.78, 5) is 14.0. The van der Waals surface area contributed by atoms with Crippen LogP contribution < -0.4 is 10.1 Å². The molecule has 5 nitrogen and oxygen atoms in total. The molecular formula is C14H19BrN2O3. The van der Waals surface area contributed by atoms with E-state index in [1.165, 1.54) is 0 Å². The number of nitrogens with one attached hydrogen (secondary N) is 1. The van der Waals surface area contributed by atoms with E-state index in [2.05, 4.69) is 21.2 Å². The molecule has 110 valence electrons. The molecule has 0 saturated carbocycles. The number of carbonyl (C=O) groups is 1. The van der Waals surface area contributed by atoms with Crippen LogP contribution in [0, 0.1) is 0 Å². The van der Waals surface area contributed by atoms with Crippen LogP contribution in [-0.4, -0.2) is 41.8 Å². The fourth-order valence-electron chi connectivity index (χ4n) is 2.44. The maximum atomic E-state index is 12.3. The third-order valence-corrected chi connectivity index (χ3v) is 4.41. The minimum Gasteiger partial charge on any atom is -0.497 e. The first-order chi connectivity index (χ1) is 9.50. The molecule has 1 fully saturated rings.